The molecule has 0 aromatic heterocycles. The van der Waals surface area contributed by atoms with Crippen LogP contribution in [0.15, 0.2) is 23.1 Å². The molecule has 2 fully saturated rings. The van der Waals surface area contributed by atoms with Gasteiger partial charge in [-0.2, -0.15) is 0 Å². The molecule has 144 valence electrons. The third-order valence-corrected chi connectivity index (χ3v) is 7.71. The molecule has 2 aliphatic carbocycles. The summed E-state index contributed by atoms with van der Waals surface area (Å²) >= 11 is 0. The Hall–Kier alpha value is -1.40. The molecule has 26 heavy (non-hydrogen) atoms. The van der Waals surface area contributed by atoms with Gasteiger partial charge in [-0.1, -0.05) is 24.1 Å². The molecule has 2 aliphatic rings. The van der Waals surface area contributed by atoms with Gasteiger partial charge in [-0.3, -0.25) is 4.79 Å². The number of hydrogen-bond acceptors (Lipinski definition) is 3. The van der Waals surface area contributed by atoms with Gasteiger partial charge in [0.25, 0.3) is 0 Å². The van der Waals surface area contributed by atoms with Crippen molar-refractivity contribution in [3.05, 3.63) is 29.3 Å². The van der Waals surface area contributed by atoms with E-state index in [1.54, 1.807) is 19.1 Å². The Labute approximate surface area is 157 Å². The van der Waals surface area contributed by atoms with Crippen molar-refractivity contribution in [2.45, 2.75) is 63.8 Å². The lowest BCUT2D eigenvalue weighted by atomic mass is 9.84. The fraction of sp³-hybridized carbons (Fsp3) is 0.650. The number of carbonyl (C=O) groups excluding carboxylic acids is 1. The molecule has 2 saturated carbocycles. The summed E-state index contributed by atoms with van der Waals surface area (Å²) in [7, 11) is -3.58. The average Bonchev–Trinajstić information content (AvgIpc) is 3.17. The first-order chi connectivity index (χ1) is 12.3. The van der Waals surface area contributed by atoms with Crippen molar-refractivity contribution < 1.29 is 13.2 Å². The summed E-state index contributed by atoms with van der Waals surface area (Å²) < 4.78 is 27.4. The van der Waals surface area contributed by atoms with Crippen molar-refractivity contribution in [3.63, 3.8) is 0 Å². The molecule has 6 heteroatoms. The minimum Gasteiger partial charge on any atom is -0.353 e. The summed E-state index contributed by atoms with van der Waals surface area (Å²) in [5.74, 6) is 2.13. The number of sulfonamides is 1. The van der Waals surface area contributed by atoms with E-state index in [9.17, 15) is 13.2 Å². The zero-order chi connectivity index (χ0) is 18.9. The maximum atomic E-state index is 12.4. The van der Waals surface area contributed by atoms with Crippen molar-refractivity contribution in [1.29, 1.82) is 0 Å². The van der Waals surface area contributed by atoms with Crippen LogP contribution >= 0.6 is 0 Å². The largest absolute Gasteiger partial charge is 0.353 e. The predicted octanol–water partition coefficient (Wildman–Crippen LogP) is 2.91. The van der Waals surface area contributed by atoms with Gasteiger partial charge in [-0.25, -0.2) is 13.1 Å². The first-order valence-corrected chi connectivity index (χ1v) is 11.1. The number of hydrogen-bond donors (Lipinski definition) is 2. The molecule has 4 unspecified atom stereocenters. The van der Waals surface area contributed by atoms with Crippen LogP contribution in [-0.2, 0) is 14.8 Å². The van der Waals surface area contributed by atoms with Gasteiger partial charge in [0.15, 0.2) is 0 Å². The number of rotatable bonds is 7. The van der Waals surface area contributed by atoms with E-state index in [0.29, 0.717) is 11.5 Å². The number of nitrogens with one attached hydrogen (secondary N) is 2. The van der Waals surface area contributed by atoms with E-state index in [0.717, 1.165) is 17.4 Å². The molecule has 0 heterocycles. The van der Waals surface area contributed by atoms with Gasteiger partial charge in [0.2, 0.25) is 15.9 Å². The monoisotopic (exact) mass is 378 g/mol. The van der Waals surface area contributed by atoms with E-state index in [4.69, 9.17) is 0 Å². The van der Waals surface area contributed by atoms with Crippen LogP contribution in [0, 0.1) is 31.6 Å². The highest BCUT2D eigenvalue weighted by atomic mass is 32.2. The third kappa shape index (κ3) is 4.29. The quantitative estimate of drug-likeness (QED) is 0.766. The Morgan fingerprint density at radius 2 is 2.00 bits per heavy atom. The Morgan fingerprint density at radius 3 is 2.62 bits per heavy atom. The molecule has 5 nitrogen and oxygen atoms in total. The van der Waals surface area contributed by atoms with Gasteiger partial charge in [-0.15, -0.1) is 0 Å². The van der Waals surface area contributed by atoms with Crippen LogP contribution in [0.25, 0.3) is 0 Å². The van der Waals surface area contributed by atoms with Crippen molar-refractivity contribution >= 4 is 15.9 Å². The smallest absolute Gasteiger partial charge is 0.240 e. The number of benzene rings is 1. The zero-order valence-corrected chi connectivity index (χ0v) is 16.7. The maximum Gasteiger partial charge on any atom is 0.240 e. The first-order valence-electron chi connectivity index (χ1n) is 9.62. The molecule has 3 rings (SSSR count). The molecule has 1 aromatic carbocycles. The molecule has 2 bridgehead atoms. The second-order valence-electron chi connectivity index (χ2n) is 8.11. The Balaban J connectivity index is 1.47. The second-order valence-corrected chi connectivity index (χ2v) is 9.85. The second kappa shape index (κ2) is 7.69. The average molecular weight is 379 g/mol. The zero-order valence-electron chi connectivity index (χ0n) is 15.9. The summed E-state index contributed by atoms with van der Waals surface area (Å²) in [5, 5.41) is 3.08. The minimum atomic E-state index is -3.58. The van der Waals surface area contributed by atoms with Crippen LogP contribution in [0.1, 0.15) is 50.2 Å². The van der Waals surface area contributed by atoms with Crippen LogP contribution in [0.2, 0.25) is 0 Å². The first kappa shape index (κ1) is 19.4. The summed E-state index contributed by atoms with van der Waals surface area (Å²) in [5.41, 5.74) is 1.74. The number of fused-ring (bicyclic) bond motifs is 2. The Morgan fingerprint density at radius 1 is 1.23 bits per heavy atom. The standard InChI is InChI=1S/C20H30N2O3S/c1-13-4-7-19(14(2)10-13)26(24,25)21-9-8-20(23)22-15(3)18-12-16-5-6-17(18)11-16/h4,7,10,15-18,21H,5-6,8-9,11-12H2,1-3H3,(H,22,23). The van der Waals surface area contributed by atoms with Gasteiger partial charge in [0, 0.05) is 19.0 Å². The van der Waals surface area contributed by atoms with E-state index in [1.165, 1.54) is 25.7 Å². The van der Waals surface area contributed by atoms with Crippen molar-refractivity contribution in [2.24, 2.45) is 17.8 Å². The topological polar surface area (TPSA) is 75.3 Å². The van der Waals surface area contributed by atoms with Crippen molar-refractivity contribution in [1.82, 2.24) is 10.0 Å². The fourth-order valence-corrected chi connectivity index (χ4v) is 6.07. The van der Waals surface area contributed by atoms with Gasteiger partial charge in [0.05, 0.1) is 4.90 Å². The molecule has 0 spiro atoms. The number of amides is 1. The molecule has 0 saturated heterocycles. The van der Waals surface area contributed by atoms with Crippen LogP contribution in [0.4, 0.5) is 0 Å². The summed E-state index contributed by atoms with van der Waals surface area (Å²) in [6.07, 6.45) is 5.36. The van der Waals surface area contributed by atoms with E-state index in [1.807, 2.05) is 13.0 Å². The number of aryl methyl sites for hydroxylation is 2. The van der Waals surface area contributed by atoms with E-state index in [2.05, 4.69) is 17.0 Å². The molecule has 1 aromatic rings. The predicted molar refractivity (Wildman–Crippen MR) is 102 cm³/mol. The van der Waals surface area contributed by atoms with Crippen LogP contribution < -0.4 is 10.0 Å². The van der Waals surface area contributed by atoms with Crippen LogP contribution in [-0.4, -0.2) is 26.9 Å². The molecule has 4 atom stereocenters. The molecular formula is C20H30N2O3S. The summed E-state index contributed by atoms with van der Waals surface area (Å²) in [6.45, 7) is 5.91. The van der Waals surface area contributed by atoms with E-state index >= 15 is 0 Å². The lowest BCUT2D eigenvalue weighted by Gasteiger charge is -2.28. The highest BCUT2D eigenvalue weighted by molar-refractivity contribution is 7.89. The Kier molecular flexibility index (Phi) is 5.72. The highest BCUT2D eigenvalue weighted by Gasteiger charge is 2.42. The van der Waals surface area contributed by atoms with Crippen molar-refractivity contribution in [3.8, 4) is 0 Å². The van der Waals surface area contributed by atoms with E-state index < -0.39 is 10.0 Å². The Bertz CT molecular complexity index is 775. The molecule has 0 radical (unpaired) electrons. The SMILES string of the molecule is Cc1ccc(S(=O)(=O)NCCC(=O)NC(C)C2CC3CCC2C3)c(C)c1. The molecular weight excluding hydrogens is 348 g/mol. The van der Waals surface area contributed by atoms with Gasteiger partial charge in [0.1, 0.15) is 0 Å². The van der Waals surface area contributed by atoms with E-state index in [-0.39, 0.29) is 29.8 Å². The molecule has 2 N–H and O–H groups in total. The van der Waals surface area contributed by atoms with Gasteiger partial charge in [-0.05, 0) is 69.4 Å². The van der Waals surface area contributed by atoms with Crippen LogP contribution in [0.3, 0.4) is 0 Å². The maximum absolute atomic E-state index is 12.4. The molecule has 0 aliphatic heterocycles. The minimum absolute atomic E-state index is 0.0800. The third-order valence-electron chi connectivity index (χ3n) is 6.09. The van der Waals surface area contributed by atoms with Gasteiger partial charge >= 0.3 is 0 Å². The summed E-state index contributed by atoms with van der Waals surface area (Å²) in [4.78, 5) is 12.5. The van der Waals surface area contributed by atoms with Crippen molar-refractivity contribution in [2.75, 3.05) is 6.54 Å². The lowest BCUT2D eigenvalue weighted by molar-refractivity contribution is -0.122. The lowest BCUT2D eigenvalue weighted by Crippen LogP contribution is -2.41. The highest BCUT2D eigenvalue weighted by Crippen LogP contribution is 2.49. The summed E-state index contributed by atoms with van der Waals surface area (Å²) in [6, 6.07) is 5.42. The van der Waals surface area contributed by atoms with Crippen LogP contribution in [0.5, 0.6) is 0 Å². The normalized spacial score (nSPS) is 26.0. The van der Waals surface area contributed by atoms with Gasteiger partial charge < -0.3 is 5.32 Å². The molecule has 1 amide bonds. The number of carbonyl (C=O) groups is 1. The fourth-order valence-electron chi connectivity index (χ4n) is 4.82.